The number of para-hydroxylation sites is 4. The Labute approximate surface area is 296 Å². The van der Waals surface area contributed by atoms with E-state index in [1.54, 1.807) is 0 Å². The SMILES string of the molecule is CC1c2c(n(C3C=CC(c4cc(C#N)cc(-c5ccccc5-n5c6ccccc6c6ccccc65)c4C#N)=CC3)c3ccccc23)C=CC1C#N. The molecule has 5 nitrogen and oxygen atoms in total. The Morgan fingerprint density at radius 2 is 1.29 bits per heavy atom. The quantitative estimate of drug-likeness (QED) is 0.190. The third-order valence-corrected chi connectivity index (χ3v) is 10.7. The van der Waals surface area contributed by atoms with E-state index in [0.717, 1.165) is 67.4 Å². The first-order valence-corrected chi connectivity index (χ1v) is 17.3. The van der Waals surface area contributed by atoms with Crippen molar-refractivity contribution in [3.05, 3.63) is 161 Å². The maximum Gasteiger partial charge on any atom is 0.100 e. The number of benzene rings is 5. The van der Waals surface area contributed by atoms with Gasteiger partial charge in [-0.25, -0.2) is 0 Å². The van der Waals surface area contributed by atoms with E-state index in [-0.39, 0.29) is 17.9 Å². The van der Waals surface area contributed by atoms with Crippen molar-refractivity contribution in [1.82, 2.24) is 9.13 Å². The number of allylic oxidation sites excluding steroid dienone is 5. The summed E-state index contributed by atoms with van der Waals surface area (Å²) in [6.07, 6.45) is 11.4. The Kier molecular flexibility index (Phi) is 7.06. The summed E-state index contributed by atoms with van der Waals surface area (Å²) >= 11 is 0. The van der Waals surface area contributed by atoms with Gasteiger partial charge in [0.15, 0.2) is 0 Å². The van der Waals surface area contributed by atoms with Gasteiger partial charge in [-0.15, -0.1) is 0 Å². The van der Waals surface area contributed by atoms with Gasteiger partial charge in [0.25, 0.3) is 0 Å². The van der Waals surface area contributed by atoms with Gasteiger partial charge in [0, 0.05) is 50.0 Å². The molecule has 3 atom stereocenters. The number of hydrogen-bond acceptors (Lipinski definition) is 3. The number of nitrogens with zero attached hydrogens (tertiary/aromatic N) is 5. The van der Waals surface area contributed by atoms with Crippen LogP contribution in [0.4, 0.5) is 0 Å². The fraction of sp³-hybridized carbons (Fsp3) is 0.109. The van der Waals surface area contributed by atoms with Crippen LogP contribution in [0, 0.1) is 39.9 Å². The van der Waals surface area contributed by atoms with Crippen LogP contribution in [-0.4, -0.2) is 9.13 Å². The first-order chi connectivity index (χ1) is 25.1. The standard InChI is InChI=1S/C46H31N5/c1-29-32(27-48)20-23-45-46(29)37-13-5-9-17-44(37)50(45)33-21-18-31(19-22-33)38-24-30(26-47)25-39(40(38)28-49)36-12-4-8-16-43(36)51-41-14-6-2-10-34(41)35-11-3-7-15-42(35)51/h2-21,23-25,29,32-33H,22H2,1H3. The molecule has 0 radical (unpaired) electrons. The van der Waals surface area contributed by atoms with E-state index in [1.807, 2.05) is 36.4 Å². The van der Waals surface area contributed by atoms with Gasteiger partial charge in [-0.3, -0.25) is 0 Å². The molecule has 5 aromatic carbocycles. The van der Waals surface area contributed by atoms with Crippen LogP contribution < -0.4 is 0 Å². The van der Waals surface area contributed by atoms with E-state index in [9.17, 15) is 15.8 Å². The third-order valence-electron chi connectivity index (χ3n) is 10.7. The van der Waals surface area contributed by atoms with Crippen LogP contribution in [0.15, 0.2) is 133 Å². The summed E-state index contributed by atoms with van der Waals surface area (Å²) in [5.41, 5.74) is 11.0. The normalized spacial score (nSPS) is 17.9. The van der Waals surface area contributed by atoms with Crippen LogP contribution in [0.5, 0.6) is 0 Å². The lowest BCUT2D eigenvalue weighted by Gasteiger charge is -2.25. The molecule has 0 saturated heterocycles. The van der Waals surface area contributed by atoms with Gasteiger partial charge in [-0.2, -0.15) is 15.8 Å². The minimum atomic E-state index is -0.156. The summed E-state index contributed by atoms with van der Waals surface area (Å²) in [5, 5.41) is 34.4. The maximum absolute atomic E-state index is 10.8. The van der Waals surface area contributed by atoms with Crippen molar-refractivity contribution in [1.29, 1.82) is 15.8 Å². The summed E-state index contributed by atoms with van der Waals surface area (Å²) in [6.45, 7) is 2.14. The number of hydrogen-bond donors (Lipinski definition) is 0. The molecule has 51 heavy (non-hydrogen) atoms. The highest BCUT2D eigenvalue weighted by Crippen LogP contribution is 2.44. The monoisotopic (exact) mass is 653 g/mol. The number of fused-ring (bicyclic) bond motifs is 6. The van der Waals surface area contributed by atoms with E-state index in [2.05, 4.69) is 137 Å². The highest BCUT2D eigenvalue weighted by atomic mass is 15.0. The lowest BCUT2D eigenvalue weighted by Crippen LogP contribution is -2.15. The molecule has 2 heterocycles. The Bertz CT molecular complexity index is 2750. The molecule has 2 aliphatic carbocycles. The zero-order valence-corrected chi connectivity index (χ0v) is 28.0. The van der Waals surface area contributed by atoms with Gasteiger partial charge in [0.1, 0.15) is 6.07 Å². The van der Waals surface area contributed by atoms with Gasteiger partial charge < -0.3 is 9.13 Å². The Hall–Kier alpha value is -6.87. The minimum absolute atomic E-state index is 0.0538. The van der Waals surface area contributed by atoms with E-state index in [0.29, 0.717) is 11.1 Å². The summed E-state index contributed by atoms with van der Waals surface area (Å²) in [6, 6.07) is 44.5. The molecule has 0 N–H and O–H groups in total. The van der Waals surface area contributed by atoms with Crippen molar-refractivity contribution in [3.8, 4) is 35.0 Å². The van der Waals surface area contributed by atoms with Crippen molar-refractivity contribution in [2.75, 3.05) is 0 Å². The van der Waals surface area contributed by atoms with Crippen LogP contribution in [0.3, 0.4) is 0 Å². The van der Waals surface area contributed by atoms with E-state index < -0.39 is 0 Å². The topological polar surface area (TPSA) is 81.2 Å². The van der Waals surface area contributed by atoms with Gasteiger partial charge in [0.2, 0.25) is 0 Å². The lowest BCUT2D eigenvalue weighted by molar-refractivity contribution is 0.603. The van der Waals surface area contributed by atoms with Gasteiger partial charge in [0.05, 0.1) is 51.9 Å². The molecular formula is C46H31N5. The summed E-state index contributed by atoms with van der Waals surface area (Å²) in [5.74, 6) is -0.0632. The van der Waals surface area contributed by atoms with Crippen molar-refractivity contribution in [2.45, 2.75) is 25.3 Å². The van der Waals surface area contributed by atoms with Crippen molar-refractivity contribution < 1.29 is 0 Å². The van der Waals surface area contributed by atoms with Gasteiger partial charge in [-0.05, 0) is 60.0 Å². The highest BCUT2D eigenvalue weighted by molar-refractivity contribution is 6.10. The first-order valence-electron chi connectivity index (χ1n) is 17.3. The van der Waals surface area contributed by atoms with E-state index in [1.165, 1.54) is 10.9 Å². The molecule has 240 valence electrons. The second-order valence-corrected chi connectivity index (χ2v) is 13.4. The summed E-state index contributed by atoms with van der Waals surface area (Å²) in [7, 11) is 0. The number of aromatic nitrogens is 2. The van der Waals surface area contributed by atoms with Crippen LogP contribution in [0.1, 0.15) is 53.3 Å². The first kappa shape index (κ1) is 30.2. The molecule has 3 unspecified atom stereocenters. The molecule has 0 amide bonds. The number of rotatable bonds is 4. The second kappa shape index (κ2) is 11.9. The Morgan fingerprint density at radius 3 is 1.96 bits per heavy atom. The second-order valence-electron chi connectivity index (χ2n) is 13.4. The van der Waals surface area contributed by atoms with Crippen molar-refractivity contribution in [3.63, 3.8) is 0 Å². The van der Waals surface area contributed by atoms with Gasteiger partial charge >= 0.3 is 0 Å². The fourth-order valence-electron chi connectivity index (χ4n) is 8.36. The lowest BCUT2D eigenvalue weighted by atomic mass is 9.82. The smallest absolute Gasteiger partial charge is 0.100 e. The van der Waals surface area contributed by atoms with E-state index >= 15 is 0 Å². The highest BCUT2D eigenvalue weighted by Gasteiger charge is 2.30. The summed E-state index contributed by atoms with van der Waals surface area (Å²) < 4.78 is 4.65. The van der Waals surface area contributed by atoms with Crippen LogP contribution in [-0.2, 0) is 0 Å². The third kappa shape index (κ3) is 4.59. The fourth-order valence-corrected chi connectivity index (χ4v) is 8.36. The predicted octanol–water partition coefficient (Wildman–Crippen LogP) is 11.0. The maximum atomic E-state index is 10.8. The number of nitriles is 3. The molecular weight excluding hydrogens is 623 g/mol. The van der Waals surface area contributed by atoms with Crippen LogP contribution in [0.2, 0.25) is 0 Å². The molecule has 2 aromatic heterocycles. The van der Waals surface area contributed by atoms with Crippen molar-refractivity contribution in [2.24, 2.45) is 5.92 Å². The minimum Gasteiger partial charge on any atom is -0.333 e. The van der Waals surface area contributed by atoms with Crippen LogP contribution in [0.25, 0.3) is 61.2 Å². The molecule has 7 aromatic rings. The molecule has 0 fully saturated rings. The zero-order valence-electron chi connectivity index (χ0n) is 28.0. The largest absolute Gasteiger partial charge is 0.333 e. The van der Waals surface area contributed by atoms with Crippen LogP contribution >= 0.6 is 0 Å². The summed E-state index contributed by atoms with van der Waals surface area (Å²) in [4.78, 5) is 0. The Balaban J connectivity index is 1.17. The van der Waals surface area contributed by atoms with Crippen molar-refractivity contribution >= 4 is 44.4 Å². The Morgan fingerprint density at radius 1 is 0.647 bits per heavy atom. The molecule has 0 spiro atoms. The molecule has 2 aliphatic rings. The van der Waals surface area contributed by atoms with E-state index in [4.69, 9.17) is 0 Å². The molecule has 0 saturated carbocycles. The average molecular weight is 654 g/mol. The van der Waals surface area contributed by atoms with Gasteiger partial charge in [-0.1, -0.05) is 104 Å². The molecule has 0 aliphatic heterocycles. The molecule has 0 bridgehead atoms. The average Bonchev–Trinajstić information content (AvgIpc) is 3.71. The molecule has 5 heteroatoms. The predicted molar refractivity (Wildman–Crippen MR) is 205 cm³/mol. The zero-order chi connectivity index (χ0) is 34.6. The molecule has 9 rings (SSSR count).